The van der Waals surface area contributed by atoms with Gasteiger partial charge < -0.3 is 0 Å². The average molecular weight is 360 g/mol. The number of anilines is 1. The lowest BCUT2D eigenvalue weighted by Gasteiger charge is -2.26. The molecule has 4 heteroatoms. The molecule has 26 heavy (non-hydrogen) atoms. The van der Waals surface area contributed by atoms with Crippen LogP contribution in [-0.4, -0.2) is 16.6 Å². The number of aromatic nitrogens is 1. The van der Waals surface area contributed by atoms with Gasteiger partial charge in [-0.15, -0.1) is 11.8 Å². The molecule has 0 spiro atoms. The van der Waals surface area contributed by atoms with Crippen LogP contribution in [0.2, 0.25) is 0 Å². The molecular formula is C22H20N2OS. The van der Waals surface area contributed by atoms with Crippen molar-refractivity contribution in [2.45, 2.75) is 19.2 Å². The second-order valence-electron chi connectivity index (χ2n) is 6.60. The van der Waals surface area contributed by atoms with Crippen LogP contribution < -0.4 is 4.90 Å². The summed E-state index contributed by atoms with van der Waals surface area (Å²) in [5.74, 6) is 0.630. The number of nitrogens with zero attached hydrogens (tertiary/aromatic N) is 2. The first-order valence-corrected chi connectivity index (χ1v) is 9.69. The zero-order chi connectivity index (χ0) is 18.1. The third-order valence-electron chi connectivity index (χ3n) is 4.63. The first kappa shape index (κ1) is 16.9. The molecule has 4 rings (SSSR count). The average Bonchev–Trinajstić information content (AvgIpc) is 3.04. The van der Waals surface area contributed by atoms with Crippen LogP contribution in [0.25, 0.3) is 11.1 Å². The topological polar surface area (TPSA) is 33.2 Å². The fraction of sp³-hybridized carbons (Fsp3) is 0.182. The molecule has 1 amide bonds. The number of hydrogen-bond donors (Lipinski definition) is 0. The number of carbonyl (C=O) groups is 1. The smallest absolute Gasteiger partial charge is 0.238 e. The van der Waals surface area contributed by atoms with E-state index in [1.165, 1.54) is 5.56 Å². The summed E-state index contributed by atoms with van der Waals surface area (Å²) in [5, 5.41) is -0.0608. The van der Waals surface area contributed by atoms with Gasteiger partial charge in [0.1, 0.15) is 5.37 Å². The third kappa shape index (κ3) is 3.13. The normalized spacial score (nSPS) is 16.9. The maximum atomic E-state index is 12.6. The van der Waals surface area contributed by atoms with E-state index in [0.29, 0.717) is 5.75 Å². The molecule has 3 nitrogen and oxygen atoms in total. The molecule has 1 aromatic heterocycles. The molecule has 2 aromatic carbocycles. The van der Waals surface area contributed by atoms with Gasteiger partial charge in [0.15, 0.2) is 0 Å². The van der Waals surface area contributed by atoms with Crippen LogP contribution in [0.15, 0.2) is 67.0 Å². The zero-order valence-corrected chi connectivity index (χ0v) is 15.7. The molecule has 1 saturated heterocycles. The Hall–Kier alpha value is -2.59. The van der Waals surface area contributed by atoms with Crippen LogP contribution in [0.3, 0.4) is 0 Å². The predicted octanol–water partition coefficient (Wildman–Crippen LogP) is 5.14. The highest BCUT2D eigenvalue weighted by atomic mass is 32.2. The van der Waals surface area contributed by atoms with E-state index in [9.17, 15) is 4.79 Å². The second kappa shape index (κ2) is 6.96. The van der Waals surface area contributed by atoms with E-state index in [-0.39, 0.29) is 11.3 Å². The fourth-order valence-electron chi connectivity index (χ4n) is 3.31. The van der Waals surface area contributed by atoms with Gasteiger partial charge in [-0.1, -0.05) is 42.0 Å². The summed E-state index contributed by atoms with van der Waals surface area (Å²) in [4.78, 5) is 18.9. The molecule has 0 aliphatic carbocycles. The molecule has 1 aliphatic heterocycles. The SMILES string of the molecule is Cc1ccc(-c2ccncc2C2SCC(=O)N2c2cccc(C)c2)cc1. The van der Waals surface area contributed by atoms with E-state index in [2.05, 4.69) is 42.2 Å². The number of amides is 1. The summed E-state index contributed by atoms with van der Waals surface area (Å²) >= 11 is 1.66. The molecule has 130 valence electrons. The van der Waals surface area contributed by atoms with Gasteiger partial charge in [-0.25, -0.2) is 0 Å². The van der Waals surface area contributed by atoms with Crippen LogP contribution in [-0.2, 0) is 4.79 Å². The van der Waals surface area contributed by atoms with Crippen molar-refractivity contribution in [1.29, 1.82) is 0 Å². The number of carbonyl (C=O) groups excluding carboxylic acids is 1. The summed E-state index contributed by atoms with van der Waals surface area (Å²) < 4.78 is 0. The van der Waals surface area contributed by atoms with Crippen molar-refractivity contribution in [1.82, 2.24) is 4.98 Å². The molecule has 0 N–H and O–H groups in total. The Labute approximate surface area is 158 Å². The predicted molar refractivity (Wildman–Crippen MR) is 108 cm³/mol. The fourth-order valence-corrected chi connectivity index (χ4v) is 4.51. The summed E-state index contributed by atoms with van der Waals surface area (Å²) in [7, 11) is 0. The Balaban J connectivity index is 1.79. The zero-order valence-electron chi connectivity index (χ0n) is 14.8. The standard InChI is InChI=1S/C22H20N2OS/c1-15-6-8-17(9-7-15)19-10-11-23-13-20(19)22-24(21(25)14-26-22)18-5-3-4-16(2)12-18/h3-13,22H,14H2,1-2H3. The quantitative estimate of drug-likeness (QED) is 0.648. The third-order valence-corrected chi connectivity index (χ3v) is 5.82. The maximum absolute atomic E-state index is 12.6. The minimum absolute atomic E-state index is 0.0608. The van der Waals surface area contributed by atoms with Crippen LogP contribution in [0.5, 0.6) is 0 Å². The molecule has 1 fully saturated rings. The second-order valence-corrected chi connectivity index (χ2v) is 7.66. The number of thioether (sulfide) groups is 1. The van der Waals surface area contributed by atoms with Gasteiger partial charge in [-0.2, -0.15) is 0 Å². The Bertz CT molecular complexity index is 952. The number of hydrogen-bond acceptors (Lipinski definition) is 3. The van der Waals surface area contributed by atoms with Gasteiger partial charge in [-0.05, 0) is 48.7 Å². The minimum Gasteiger partial charge on any atom is -0.295 e. The molecule has 2 heterocycles. The van der Waals surface area contributed by atoms with E-state index >= 15 is 0 Å². The first-order valence-electron chi connectivity index (χ1n) is 8.65. The van der Waals surface area contributed by atoms with Gasteiger partial charge in [-0.3, -0.25) is 14.7 Å². The maximum Gasteiger partial charge on any atom is 0.238 e. The van der Waals surface area contributed by atoms with Crippen molar-refractivity contribution in [2.75, 3.05) is 10.7 Å². The van der Waals surface area contributed by atoms with E-state index in [1.807, 2.05) is 48.5 Å². The van der Waals surface area contributed by atoms with Crippen molar-refractivity contribution in [2.24, 2.45) is 0 Å². The highest BCUT2D eigenvalue weighted by molar-refractivity contribution is 8.00. The van der Waals surface area contributed by atoms with E-state index < -0.39 is 0 Å². The Morgan fingerprint density at radius 2 is 1.85 bits per heavy atom. The van der Waals surface area contributed by atoms with E-state index in [1.54, 1.807) is 11.8 Å². The summed E-state index contributed by atoms with van der Waals surface area (Å²) in [6.45, 7) is 4.14. The molecule has 0 bridgehead atoms. The van der Waals surface area contributed by atoms with Crippen LogP contribution in [0.1, 0.15) is 22.1 Å². The number of rotatable bonds is 3. The van der Waals surface area contributed by atoms with Gasteiger partial charge in [0.2, 0.25) is 5.91 Å². The lowest BCUT2D eigenvalue weighted by Crippen LogP contribution is -2.28. The molecule has 1 unspecified atom stereocenters. The van der Waals surface area contributed by atoms with Crippen LogP contribution >= 0.6 is 11.8 Å². The van der Waals surface area contributed by atoms with Crippen molar-refractivity contribution >= 4 is 23.4 Å². The molecular weight excluding hydrogens is 340 g/mol. The molecule has 1 aliphatic rings. The number of benzene rings is 2. The lowest BCUT2D eigenvalue weighted by molar-refractivity contribution is -0.115. The van der Waals surface area contributed by atoms with Crippen molar-refractivity contribution < 1.29 is 4.79 Å². The number of pyridine rings is 1. The van der Waals surface area contributed by atoms with Gasteiger partial charge in [0.05, 0.1) is 5.75 Å². The molecule has 3 aromatic rings. The van der Waals surface area contributed by atoms with E-state index in [4.69, 9.17) is 0 Å². The van der Waals surface area contributed by atoms with Crippen molar-refractivity contribution in [3.8, 4) is 11.1 Å². The van der Waals surface area contributed by atoms with E-state index in [0.717, 1.165) is 27.9 Å². The molecule has 1 atom stereocenters. The van der Waals surface area contributed by atoms with Gasteiger partial charge in [0, 0.05) is 23.6 Å². The van der Waals surface area contributed by atoms with Gasteiger partial charge in [0.25, 0.3) is 0 Å². The van der Waals surface area contributed by atoms with Crippen LogP contribution in [0, 0.1) is 13.8 Å². The Morgan fingerprint density at radius 1 is 1.04 bits per heavy atom. The monoisotopic (exact) mass is 360 g/mol. The highest BCUT2D eigenvalue weighted by Gasteiger charge is 2.35. The lowest BCUT2D eigenvalue weighted by atomic mass is 10.00. The van der Waals surface area contributed by atoms with Crippen molar-refractivity contribution in [3.05, 3.63) is 83.7 Å². The minimum atomic E-state index is -0.0608. The molecule has 0 radical (unpaired) electrons. The van der Waals surface area contributed by atoms with Crippen molar-refractivity contribution in [3.63, 3.8) is 0 Å². The largest absolute Gasteiger partial charge is 0.295 e. The Morgan fingerprint density at radius 3 is 2.62 bits per heavy atom. The van der Waals surface area contributed by atoms with Gasteiger partial charge >= 0.3 is 0 Å². The Kier molecular flexibility index (Phi) is 4.51. The van der Waals surface area contributed by atoms with Crippen LogP contribution in [0.4, 0.5) is 5.69 Å². The number of aryl methyl sites for hydroxylation is 2. The first-order chi connectivity index (χ1) is 12.6. The highest BCUT2D eigenvalue weighted by Crippen LogP contribution is 2.44. The summed E-state index contributed by atoms with van der Waals surface area (Å²) in [6, 6.07) is 18.7. The molecule has 0 saturated carbocycles. The summed E-state index contributed by atoms with van der Waals surface area (Å²) in [5.41, 5.74) is 6.69. The summed E-state index contributed by atoms with van der Waals surface area (Å²) in [6.07, 6.45) is 3.71.